The molecular formula is C20H20F3N3O. The first-order valence-electron chi connectivity index (χ1n) is 8.79. The quantitative estimate of drug-likeness (QED) is 0.585. The molecule has 27 heavy (non-hydrogen) atoms. The lowest BCUT2D eigenvalue weighted by Crippen LogP contribution is -2.04. The number of hydrogen-bond acceptors (Lipinski definition) is 4. The van der Waals surface area contributed by atoms with Gasteiger partial charge in [0.2, 0.25) is 0 Å². The molecule has 1 aliphatic rings. The molecule has 0 spiro atoms. The van der Waals surface area contributed by atoms with Crippen LogP contribution in [0.1, 0.15) is 37.7 Å². The molecule has 7 heteroatoms. The Kier molecular flexibility index (Phi) is 5.48. The lowest BCUT2D eigenvalue weighted by Gasteiger charge is -2.11. The molecule has 0 atom stereocenters. The minimum Gasteiger partial charge on any atom is -0.507 e. The van der Waals surface area contributed by atoms with Crippen LogP contribution in [-0.2, 0) is 6.18 Å². The van der Waals surface area contributed by atoms with Crippen LogP contribution in [0.25, 0.3) is 22.0 Å². The molecule has 142 valence electrons. The van der Waals surface area contributed by atoms with E-state index in [9.17, 15) is 18.3 Å². The number of halogens is 3. The van der Waals surface area contributed by atoms with E-state index >= 15 is 0 Å². The predicted molar refractivity (Wildman–Crippen MR) is 99.1 cm³/mol. The zero-order chi connectivity index (χ0) is 19.4. The normalized spacial score (nSPS) is 14.0. The summed E-state index contributed by atoms with van der Waals surface area (Å²) in [5.74, 6) is -0.301. The van der Waals surface area contributed by atoms with Crippen molar-refractivity contribution in [3.63, 3.8) is 0 Å². The Morgan fingerprint density at radius 3 is 2.00 bits per heavy atom. The summed E-state index contributed by atoms with van der Waals surface area (Å²) in [7, 11) is 0. The van der Waals surface area contributed by atoms with E-state index in [1.165, 1.54) is 38.2 Å². The first kappa shape index (κ1) is 18.9. The third kappa shape index (κ3) is 4.30. The monoisotopic (exact) mass is 375 g/mol. The van der Waals surface area contributed by atoms with Crippen LogP contribution in [0.4, 0.5) is 19.0 Å². The third-order valence-electron chi connectivity index (χ3n) is 4.55. The minimum absolute atomic E-state index is 0.164. The fourth-order valence-corrected chi connectivity index (χ4v) is 3.12. The van der Waals surface area contributed by atoms with E-state index in [-0.39, 0.29) is 17.1 Å². The summed E-state index contributed by atoms with van der Waals surface area (Å²) in [6, 6.07) is 9.68. The van der Waals surface area contributed by atoms with Gasteiger partial charge in [-0.05, 0) is 18.2 Å². The molecule has 0 unspecified atom stereocenters. The maximum atomic E-state index is 12.7. The van der Waals surface area contributed by atoms with Crippen LogP contribution in [0.3, 0.4) is 0 Å². The van der Waals surface area contributed by atoms with Crippen molar-refractivity contribution in [1.29, 1.82) is 0 Å². The molecule has 1 aromatic heterocycles. The smallest absolute Gasteiger partial charge is 0.416 e. The van der Waals surface area contributed by atoms with Crippen molar-refractivity contribution in [3.05, 3.63) is 48.0 Å². The van der Waals surface area contributed by atoms with Crippen molar-refractivity contribution in [2.75, 3.05) is 5.73 Å². The summed E-state index contributed by atoms with van der Waals surface area (Å²) >= 11 is 0. The predicted octanol–water partition coefficient (Wildman–Crippen LogP) is 5.55. The molecule has 2 aromatic carbocycles. The van der Waals surface area contributed by atoms with Crippen LogP contribution in [0.2, 0.25) is 0 Å². The first-order chi connectivity index (χ1) is 12.9. The van der Waals surface area contributed by atoms with Crippen LogP contribution in [-0.4, -0.2) is 15.3 Å². The summed E-state index contributed by atoms with van der Waals surface area (Å²) in [5, 5.41) is 18.9. The van der Waals surface area contributed by atoms with E-state index in [1.807, 2.05) is 0 Å². The maximum Gasteiger partial charge on any atom is 0.416 e. The number of phenolic OH excluding ortho intramolecular Hbond substituents is 1. The Labute approximate surface area is 154 Å². The molecule has 3 aromatic rings. The van der Waals surface area contributed by atoms with Crippen LogP contribution >= 0.6 is 0 Å². The Morgan fingerprint density at radius 1 is 0.852 bits per heavy atom. The van der Waals surface area contributed by atoms with Crippen molar-refractivity contribution in [2.24, 2.45) is 0 Å². The van der Waals surface area contributed by atoms with Crippen LogP contribution in [0.5, 0.6) is 5.75 Å². The fraction of sp³-hybridized carbons (Fsp3) is 0.300. The van der Waals surface area contributed by atoms with E-state index in [2.05, 4.69) is 10.2 Å². The van der Waals surface area contributed by atoms with Crippen LogP contribution in [0.15, 0.2) is 42.5 Å². The van der Waals surface area contributed by atoms with E-state index in [0.29, 0.717) is 16.8 Å². The molecule has 4 rings (SSSR count). The largest absolute Gasteiger partial charge is 0.507 e. The summed E-state index contributed by atoms with van der Waals surface area (Å²) < 4.78 is 38.0. The average molecular weight is 375 g/mol. The third-order valence-corrected chi connectivity index (χ3v) is 4.55. The zero-order valence-corrected chi connectivity index (χ0v) is 14.6. The molecule has 0 saturated heterocycles. The van der Waals surface area contributed by atoms with E-state index < -0.39 is 17.5 Å². The highest BCUT2D eigenvalue weighted by molar-refractivity contribution is 6.00. The van der Waals surface area contributed by atoms with Gasteiger partial charge in [0, 0.05) is 16.3 Å². The second-order valence-electron chi connectivity index (χ2n) is 6.48. The van der Waals surface area contributed by atoms with Crippen LogP contribution < -0.4 is 5.73 Å². The number of nitrogens with two attached hydrogens (primary N) is 1. The Hall–Kier alpha value is -2.83. The molecule has 3 N–H and O–H groups in total. The fourth-order valence-electron chi connectivity index (χ4n) is 3.12. The molecule has 0 amide bonds. The van der Waals surface area contributed by atoms with Gasteiger partial charge in [0.1, 0.15) is 11.4 Å². The standard InChI is InChI=1S/C15H10F3N3O.C5H10/c16-15(17,18)8-5-6-11(12(22)7-8)13-9-3-1-2-4-10(9)14(19)21-20-13;1-2-4-5-3-1/h1-7,22H,(H2,19,21);1-5H2. The van der Waals surface area contributed by atoms with Gasteiger partial charge in [-0.15, -0.1) is 10.2 Å². The number of aromatic hydroxyl groups is 1. The highest BCUT2D eigenvalue weighted by Crippen LogP contribution is 2.38. The Balaban J connectivity index is 0.000000364. The Bertz CT molecular complexity index is 930. The Morgan fingerprint density at radius 2 is 1.44 bits per heavy atom. The topological polar surface area (TPSA) is 72.0 Å². The van der Waals surface area contributed by atoms with Gasteiger partial charge in [-0.25, -0.2) is 0 Å². The number of anilines is 1. The molecule has 0 radical (unpaired) electrons. The first-order valence-corrected chi connectivity index (χ1v) is 8.79. The van der Waals surface area contributed by atoms with Gasteiger partial charge in [-0.1, -0.05) is 56.4 Å². The number of fused-ring (bicyclic) bond motifs is 1. The van der Waals surface area contributed by atoms with E-state index in [1.54, 1.807) is 24.3 Å². The number of hydrogen-bond donors (Lipinski definition) is 2. The number of benzene rings is 2. The van der Waals surface area contributed by atoms with Crippen molar-refractivity contribution < 1.29 is 18.3 Å². The summed E-state index contributed by atoms with van der Waals surface area (Å²) in [6.07, 6.45) is 2.98. The van der Waals surface area contributed by atoms with Gasteiger partial charge >= 0.3 is 6.18 Å². The second kappa shape index (κ2) is 7.82. The maximum absolute atomic E-state index is 12.7. The van der Waals surface area contributed by atoms with Gasteiger partial charge < -0.3 is 10.8 Å². The van der Waals surface area contributed by atoms with Crippen molar-refractivity contribution in [2.45, 2.75) is 38.3 Å². The highest BCUT2D eigenvalue weighted by atomic mass is 19.4. The number of phenols is 1. The minimum atomic E-state index is -4.52. The van der Waals surface area contributed by atoms with E-state index in [0.717, 1.165) is 6.07 Å². The molecule has 1 saturated carbocycles. The lowest BCUT2D eigenvalue weighted by molar-refractivity contribution is -0.137. The lowest BCUT2D eigenvalue weighted by atomic mass is 10.0. The van der Waals surface area contributed by atoms with Crippen molar-refractivity contribution in [1.82, 2.24) is 10.2 Å². The summed E-state index contributed by atoms with van der Waals surface area (Å²) in [5.41, 5.74) is 5.25. The SMILES string of the molecule is C1CCCC1.Nc1nnc(-c2ccc(C(F)(F)F)cc2O)c2ccccc12. The van der Waals surface area contributed by atoms with Gasteiger partial charge in [0.05, 0.1) is 5.56 Å². The van der Waals surface area contributed by atoms with Gasteiger partial charge in [0.15, 0.2) is 5.82 Å². The molecule has 0 bridgehead atoms. The molecule has 1 heterocycles. The zero-order valence-electron chi connectivity index (χ0n) is 14.6. The summed E-state index contributed by atoms with van der Waals surface area (Å²) in [6.45, 7) is 0. The number of aromatic nitrogens is 2. The summed E-state index contributed by atoms with van der Waals surface area (Å²) in [4.78, 5) is 0. The number of nitrogens with zero attached hydrogens (tertiary/aromatic N) is 2. The molecule has 1 fully saturated rings. The van der Waals surface area contributed by atoms with Crippen LogP contribution in [0, 0.1) is 0 Å². The van der Waals surface area contributed by atoms with Gasteiger partial charge in [-0.3, -0.25) is 0 Å². The van der Waals surface area contributed by atoms with Crippen molar-refractivity contribution >= 4 is 16.6 Å². The molecule has 4 nitrogen and oxygen atoms in total. The van der Waals surface area contributed by atoms with E-state index in [4.69, 9.17) is 5.73 Å². The second-order valence-corrected chi connectivity index (χ2v) is 6.48. The molecule has 0 aliphatic heterocycles. The number of nitrogen functional groups attached to an aromatic ring is 1. The average Bonchev–Trinajstić information content (AvgIpc) is 3.22. The number of rotatable bonds is 1. The highest BCUT2D eigenvalue weighted by Gasteiger charge is 2.31. The molecule has 1 aliphatic carbocycles. The number of alkyl halides is 3. The van der Waals surface area contributed by atoms with Crippen molar-refractivity contribution in [3.8, 4) is 17.0 Å². The van der Waals surface area contributed by atoms with Gasteiger partial charge in [-0.2, -0.15) is 13.2 Å². The van der Waals surface area contributed by atoms with Gasteiger partial charge in [0.25, 0.3) is 0 Å². The molecular weight excluding hydrogens is 355 g/mol.